The molecule has 0 radical (unpaired) electrons. The van der Waals surface area contributed by atoms with E-state index in [4.69, 9.17) is 15.3 Å². The third kappa shape index (κ3) is 2.49. The van der Waals surface area contributed by atoms with Gasteiger partial charge in [0, 0.05) is 11.3 Å². The van der Waals surface area contributed by atoms with Crippen molar-refractivity contribution in [1.29, 1.82) is 0 Å². The van der Waals surface area contributed by atoms with Crippen molar-refractivity contribution in [3.05, 3.63) is 42.2 Å². The van der Waals surface area contributed by atoms with Crippen LogP contribution >= 0.6 is 0 Å². The molecule has 2 rings (SSSR count). The Hall–Kier alpha value is -2.76. The average molecular weight is 246 g/mol. The fourth-order valence-electron chi connectivity index (χ4n) is 1.47. The average Bonchev–Trinajstić information content (AvgIpc) is 2.78. The molecule has 0 fully saturated rings. The molecule has 0 saturated carbocycles. The van der Waals surface area contributed by atoms with Crippen molar-refractivity contribution in [3.63, 3.8) is 0 Å². The van der Waals surface area contributed by atoms with Crippen LogP contribution in [0, 0.1) is 0 Å². The molecule has 0 aliphatic heterocycles. The molecule has 0 saturated heterocycles. The molecule has 2 amide bonds. The van der Waals surface area contributed by atoms with Gasteiger partial charge in [-0.05, 0) is 36.4 Å². The monoisotopic (exact) mass is 246 g/mol. The maximum atomic E-state index is 10.7. The van der Waals surface area contributed by atoms with Gasteiger partial charge in [0.25, 0.3) is 0 Å². The molecule has 6 heteroatoms. The summed E-state index contributed by atoms with van der Waals surface area (Å²) >= 11 is 0. The zero-order chi connectivity index (χ0) is 13.1. The fraction of sp³-hybridized carbons (Fsp3) is 0. The zero-order valence-corrected chi connectivity index (χ0v) is 9.21. The third-order valence-electron chi connectivity index (χ3n) is 2.25. The number of primary amides is 1. The lowest BCUT2D eigenvalue weighted by Crippen LogP contribution is -2.19. The quantitative estimate of drug-likeness (QED) is 0.771. The predicted octanol–water partition coefficient (Wildman–Crippen LogP) is 2.14. The number of amides is 2. The lowest BCUT2D eigenvalue weighted by atomic mass is 10.1. The Bertz CT molecular complexity index is 586. The molecule has 0 spiro atoms. The highest BCUT2D eigenvalue weighted by atomic mass is 16.4. The molecular weight excluding hydrogens is 236 g/mol. The van der Waals surface area contributed by atoms with Gasteiger partial charge in [0.05, 0.1) is 0 Å². The highest BCUT2D eigenvalue weighted by Gasteiger charge is 2.10. The number of anilines is 1. The number of urea groups is 1. The first-order valence-corrected chi connectivity index (χ1v) is 5.06. The highest BCUT2D eigenvalue weighted by molar-refractivity contribution is 5.88. The van der Waals surface area contributed by atoms with Gasteiger partial charge < -0.3 is 20.6 Å². The molecule has 1 aromatic carbocycles. The summed E-state index contributed by atoms with van der Waals surface area (Å²) in [7, 11) is 0. The van der Waals surface area contributed by atoms with E-state index < -0.39 is 12.0 Å². The molecule has 4 N–H and O–H groups in total. The van der Waals surface area contributed by atoms with Gasteiger partial charge in [-0.1, -0.05) is 0 Å². The van der Waals surface area contributed by atoms with E-state index in [0.29, 0.717) is 17.0 Å². The van der Waals surface area contributed by atoms with Crippen LogP contribution < -0.4 is 11.1 Å². The molecule has 1 aromatic heterocycles. The Balaban J connectivity index is 2.22. The van der Waals surface area contributed by atoms with Crippen molar-refractivity contribution in [3.8, 4) is 11.3 Å². The first-order chi connectivity index (χ1) is 8.56. The summed E-state index contributed by atoms with van der Waals surface area (Å²) in [5.74, 6) is -0.796. The number of nitrogens with one attached hydrogen (secondary N) is 1. The fourth-order valence-corrected chi connectivity index (χ4v) is 1.47. The Morgan fingerprint density at radius 2 is 1.78 bits per heavy atom. The zero-order valence-electron chi connectivity index (χ0n) is 9.21. The molecule has 18 heavy (non-hydrogen) atoms. The molecule has 0 aliphatic rings. The van der Waals surface area contributed by atoms with Gasteiger partial charge in [-0.25, -0.2) is 9.59 Å². The normalized spacial score (nSPS) is 10.0. The summed E-state index contributed by atoms with van der Waals surface area (Å²) in [5.41, 5.74) is 6.23. The van der Waals surface area contributed by atoms with Gasteiger partial charge in [-0.2, -0.15) is 0 Å². The van der Waals surface area contributed by atoms with Crippen LogP contribution in [0.25, 0.3) is 11.3 Å². The summed E-state index contributed by atoms with van der Waals surface area (Å²) < 4.78 is 5.14. The molecule has 0 aliphatic carbocycles. The van der Waals surface area contributed by atoms with Gasteiger partial charge in [0.15, 0.2) is 0 Å². The number of hydrogen-bond donors (Lipinski definition) is 3. The second-order valence-electron chi connectivity index (χ2n) is 3.54. The van der Waals surface area contributed by atoms with Crippen LogP contribution in [0.5, 0.6) is 0 Å². The van der Waals surface area contributed by atoms with Crippen LogP contribution in [-0.2, 0) is 0 Å². The van der Waals surface area contributed by atoms with Gasteiger partial charge in [-0.15, -0.1) is 0 Å². The number of carboxylic acid groups (broad SMARTS) is 1. The largest absolute Gasteiger partial charge is 0.475 e. The SMILES string of the molecule is NC(=O)Nc1ccc(-c2ccc(C(=O)O)o2)cc1. The van der Waals surface area contributed by atoms with E-state index in [0.717, 1.165) is 0 Å². The number of rotatable bonds is 3. The van der Waals surface area contributed by atoms with Crippen LogP contribution in [-0.4, -0.2) is 17.1 Å². The van der Waals surface area contributed by atoms with Gasteiger partial charge in [0.2, 0.25) is 5.76 Å². The third-order valence-corrected chi connectivity index (χ3v) is 2.25. The maximum Gasteiger partial charge on any atom is 0.371 e. The number of carbonyl (C=O) groups excluding carboxylic acids is 1. The second-order valence-corrected chi connectivity index (χ2v) is 3.54. The highest BCUT2D eigenvalue weighted by Crippen LogP contribution is 2.23. The Kier molecular flexibility index (Phi) is 3.01. The minimum Gasteiger partial charge on any atom is -0.475 e. The van der Waals surface area contributed by atoms with Gasteiger partial charge in [0.1, 0.15) is 5.76 Å². The van der Waals surface area contributed by atoms with Crippen LogP contribution in [0.15, 0.2) is 40.8 Å². The molecular formula is C12H10N2O4. The number of nitrogens with two attached hydrogens (primary N) is 1. The predicted molar refractivity (Wildman–Crippen MR) is 64.3 cm³/mol. The van der Waals surface area contributed by atoms with E-state index in [2.05, 4.69) is 5.32 Å². The van der Waals surface area contributed by atoms with Crippen LogP contribution in [0.4, 0.5) is 10.5 Å². The summed E-state index contributed by atoms with van der Waals surface area (Å²) in [6.07, 6.45) is 0. The molecule has 0 atom stereocenters. The molecule has 6 nitrogen and oxygen atoms in total. The first-order valence-electron chi connectivity index (χ1n) is 5.06. The number of hydrogen-bond acceptors (Lipinski definition) is 3. The van der Waals surface area contributed by atoms with E-state index in [1.807, 2.05) is 0 Å². The van der Waals surface area contributed by atoms with Crippen LogP contribution in [0.3, 0.4) is 0 Å². The smallest absolute Gasteiger partial charge is 0.371 e. The van der Waals surface area contributed by atoms with Crippen molar-refractivity contribution < 1.29 is 19.1 Å². The lowest BCUT2D eigenvalue weighted by molar-refractivity contribution is 0.0663. The summed E-state index contributed by atoms with van der Waals surface area (Å²) in [6, 6.07) is 8.97. The number of furan rings is 1. The van der Waals surface area contributed by atoms with Crippen molar-refractivity contribution in [2.75, 3.05) is 5.32 Å². The number of benzene rings is 1. The molecule has 0 unspecified atom stereocenters. The Labute approximate surface area is 102 Å². The van der Waals surface area contributed by atoms with Crippen molar-refractivity contribution in [1.82, 2.24) is 0 Å². The Morgan fingerprint density at radius 1 is 1.11 bits per heavy atom. The molecule has 1 heterocycles. The number of carboxylic acids is 1. The first kappa shape index (κ1) is 11.7. The van der Waals surface area contributed by atoms with Gasteiger partial charge in [-0.3, -0.25) is 0 Å². The molecule has 0 bridgehead atoms. The van der Waals surface area contributed by atoms with E-state index in [9.17, 15) is 9.59 Å². The minimum atomic E-state index is -1.12. The lowest BCUT2D eigenvalue weighted by Gasteiger charge is -2.02. The number of aromatic carboxylic acids is 1. The van der Waals surface area contributed by atoms with Crippen LogP contribution in [0.2, 0.25) is 0 Å². The van der Waals surface area contributed by atoms with Crippen molar-refractivity contribution in [2.24, 2.45) is 5.73 Å². The van der Waals surface area contributed by atoms with Gasteiger partial charge >= 0.3 is 12.0 Å². The minimum absolute atomic E-state index is 0.121. The maximum absolute atomic E-state index is 10.7. The van der Waals surface area contributed by atoms with Crippen LogP contribution in [0.1, 0.15) is 10.6 Å². The second kappa shape index (κ2) is 4.62. The summed E-state index contributed by atoms with van der Waals surface area (Å²) in [4.78, 5) is 21.3. The van der Waals surface area contributed by atoms with Crippen molar-refractivity contribution >= 4 is 17.7 Å². The van der Waals surface area contributed by atoms with E-state index >= 15 is 0 Å². The van der Waals surface area contributed by atoms with E-state index in [-0.39, 0.29) is 5.76 Å². The standard InChI is InChI=1S/C12H10N2O4/c13-12(17)14-8-3-1-7(2-4-8)9-5-6-10(18-9)11(15)16/h1-6H,(H,15,16)(H3,13,14,17). The van der Waals surface area contributed by atoms with Crippen molar-refractivity contribution in [2.45, 2.75) is 0 Å². The van der Waals surface area contributed by atoms with E-state index in [1.54, 1.807) is 30.3 Å². The Morgan fingerprint density at radius 3 is 2.28 bits per heavy atom. The summed E-state index contributed by atoms with van der Waals surface area (Å²) in [6.45, 7) is 0. The number of carbonyl (C=O) groups is 2. The van der Waals surface area contributed by atoms with E-state index in [1.165, 1.54) is 6.07 Å². The molecule has 92 valence electrons. The molecule has 2 aromatic rings. The summed E-state index contributed by atoms with van der Waals surface area (Å²) in [5, 5.41) is 11.2. The topological polar surface area (TPSA) is 106 Å².